The predicted octanol–water partition coefficient (Wildman–Crippen LogP) is 3.82. The van der Waals surface area contributed by atoms with E-state index in [2.05, 4.69) is 5.32 Å². The lowest BCUT2D eigenvalue weighted by atomic mass is 10.2. The maximum atomic E-state index is 11.2. The number of rotatable bonds is 3. The standard InChI is InChI=1S/C14H10N2O3S2/c15-14(19)16-8-6-11(21-12(8)13(17)18)10-5-7-3-1-2-4-9(7)20-10/h1-6H,(H,17,18)(H3,15,16,19). The number of nitrogens with one attached hydrogen (secondary N) is 1. The van der Waals surface area contributed by atoms with Gasteiger partial charge >= 0.3 is 12.0 Å². The number of thiophene rings is 2. The molecule has 4 N–H and O–H groups in total. The monoisotopic (exact) mass is 318 g/mol. The van der Waals surface area contributed by atoms with Gasteiger partial charge in [0.25, 0.3) is 0 Å². The van der Waals surface area contributed by atoms with E-state index in [-0.39, 0.29) is 10.6 Å². The van der Waals surface area contributed by atoms with Crippen molar-refractivity contribution < 1.29 is 14.7 Å². The highest BCUT2D eigenvalue weighted by atomic mass is 32.1. The number of hydrogen-bond acceptors (Lipinski definition) is 4. The minimum Gasteiger partial charge on any atom is -0.477 e. The fourth-order valence-electron chi connectivity index (χ4n) is 2.00. The van der Waals surface area contributed by atoms with E-state index in [1.54, 1.807) is 17.4 Å². The van der Waals surface area contributed by atoms with Crippen LogP contribution >= 0.6 is 22.7 Å². The van der Waals surface area contributed by atoms with Crippen molar-refractivity contribution in [3.05, 3.63) is 41.3 Å². The zero-order valence-corrected chi connectivity index (χ0v) is 12.3. The molecule has 0 unspecified atom stereocenters. The number of anilines is 1. The summed E-state index contributed by atoms with van der Waals surface area (Å²) in [6, 6.07) is 10.8. The van der Waals surface area contributed by atoms with Crippen LogP contribution in [0.2, 0.25) is 0 Å². The molecule has 0 bridgehead atoms. The van der Waals surface area contributed by atoms with Crippen molar-refractivity contribution in [2.45, 2.75) is 0 Å². The smallest absolute Gasteiger partial charge is 0.348 e. The highest BCUT2D eigenvalue weighted by molar-refractivity contribution is 7.26. The zero-order valence-electron chi connectivity index (χ0n) is 10.6. The summed E-state index contributed by atoms with van der Waals surface area (Å²) < 4.78 is 1.13. The molecule has 5 nitrogen and oxygen atoms in total. The zero-order chi connectivity index (χ0) is 15.0. The van der Waals surface area contributed by atoms with Crippen LogP contribution in [0, 0.1) is 0 Å². The molecule has 2 aromatic heterocycles. The number of carboxylic acid groups (broad SMARTS) is 1. The molecule has 0 fully saturated rings. The quantitative estimate of drug-likeness (QED) is 0.685. The van der Waals surface area contributed by atoms with Gasteiger partial charge in [0.05, 0.1) is 5.69 Å². The molecule has 3 aromatic rings. The minimum atomic E-state index is -1.09. The van der Waals surface area contributed by atoms with Gasteiger partial charge in [-0.3, -0.25) is 0 Å². The molecule has 2 amide bonds. The molecule has 106 valence electrons. The van der Waals surface area contributed by atoms with Crippen LogP contribution in [0.4, 0.5) is 10.5 Å². The SMILES string of the molecule is NC(=O)Nc1cc(-c2cc3ccccc3s2)sc1C(=O)O. The van der Waals surface area contributed by atoms with Gasteiger partial charge in [0.2, 0.25) is 0 Å². The maximum absolute atomic E-state index is 11.2. The number of benzene rings is 1. The molecule has 2 heterocycles. The molecule has 0 radical (unpaired) electrons. The molecule has 0 atom stereocenters. The summed E-state index contributed by atoms with van der Waals surface area (Å²) in [6.07, 6.45) is 0. The summed E-state index contributed by atoms with van der Waals surface area (Å²) in [7, 11) is 0. The molecule has 0 saturated heterocycles. The molecule has 0 aliphatic heterocycles. The second-order valence-corrected chi connectivity index (χ2v) is 6.43. The van der Waals surface area contributed by atoms with E-state index < -0.39 is 12.0 Å². The predicted molar refractivity (Wildman–Crippen MR) is 85.3 cm³/mol. The summed E-state index contributed by atoms with van der Waals surface area (Å²) in [6.45, 7) is 0. The molecule has 0 aliphatic carbocycles. The van der Waals surface area contributed by atoms with Gasteiger partial charge in [0, 0.05) is 14.5 Å². The molecule has 7 heteroatoms. The number of nitrogens with two attached hydrogens (primary N) is 1. The minimum absolute atomic E-state index is 0.0706. The van der Waals surface area contributed by atoms with Crippen molar-refractivity contribution in [2.75, 3.05) is 5.32 Å². The molecule has 0 spiro atoms. The number of carboxylic acids is 1. The first-order valence-electron chi connectivity index (χ1n) is 5.97. The van der Waals surface area contributed by atoms with Crippen LogP contribution in [0.15, 0.2) is 36.4 Å². The lowest BCUT2D eigenvalue weighted by Gasteiger charge is -1.98. The van der Waals surface area contributed by atoms with E-state index in [4.69, 9.17) is 5.73 Å². The molecule has 21 heavy (non-hydrogen) atoms. The van der Waals surface area contributed by atoms with Crippen LogP contribution in [0.1, 0.15) is 9.67 Å². The first-order valence-corrected chi connectivity index (χ1v) is 7.60. The summed E-state index contributed by atoms with van der Waals surface area (Å²) in [5, 5.41) is 12.7. The number of amides is 2. The number of carbonyl (C=O) groups is 2. The van der Waals surface area contributed by atoms with Gasteiger partial charge in [-0.2, -0.15) is 0 Å². The van der Waals surface area contributed by atoms with Crippen LogP contribution < -0.4 is 11.1 Å². The Morgan fingerprint density at radius 1 is 1.10 bits per heavy atom. The third-order valence-corrected chi connectivity index (χ3v) is 5.29. The Kier molecular flexibility index (Phi) is 3.36. The Morgan fingerprint density at radius 2 is 1.81 bits per heavy atom. The normalized spacial score (nSPS) is 10.7. The van der Waals surface area contributed by atoms with Crippen molar-refractivity contribution in [1.82, 2.24) is 0 Å². The van der Waals surface area contributed by atoms with Crippen molar-refractivity contribution in [3.63, 3.8) is 0 Å². The third-order valence-electron chi connectivity index (χ3n) is 2.85. The van der Waals surface area contributed by atoms with Crippen molar-refractivity contribution >= 4 is 50.4 Å². The lowest BCUT2D eigenvalue weighted by Crippen LogP contribution is -2.20. The van der Waals surface area contributed by atoms with E-state index in [0.29, 0.717) is 0 Å². The average Bonchev–Trinajstić information content (AvgIpc) is 3.00. The Hall–Kier alpha value is -2.38. The number of fused-ring (bicyclic) bond motifs is 1. The first-order chi connectivity index (χ1) is 10.0. The highest BCUT2D eigenvalue weighted by Crippen LogP contribution is 2.40. The highest BCUT2D eigenvalue weighted by Gasteiger charge is 2.18. The fraction of sp³-hybridized carbons (Fsp3) is 0. The van der Waals surface area contributed by atoms with Gasteiger partial charge < -0.3 is 16.2 Å². The number of primary amides is 1. The van der Waals surface area contributed by atoms with Crippen LogP contribution in [0.3, 0.4) is 0 Å². The van der Waals surface area contributed by atoms with Crippen LogP contribution in [0.25, 0.3) is 19.8 Å². The maximum Gasteiger partial charge on any atom is 0.348 e. The molecule has 0 aliphatic rings. The van der Waals surface area contributed by atoms with Crippen molar-refractivity contribution in [2.24, 2.45) is 5.73 Å². The van der Waals surface area contributed by atoms with Crippen LogP contribution in [-0.2, 0) is 0 Å². The van der Waals surface area contributed by atoms with Gasteiger partial charge in [-0.15, -0.1) is 22.7 Å². The molecule has 1 aromatic carbocycles. The van der Waals surface area contributed by atoms with Crippen LogP contribution in [0.5, 0.6) is 0 Å². The van der Waals surface area contributed by atoms with Crippen molar-refractivity contribution in [3.8, 4) is 9.75 Å². The molecular weight excluding hydrogens is 308 g/mol. The van der Waals surface area contributed by atoms with Crippen molar-refractivity contribution in [1.29, 1.82) is 0 Å². The van der Waals surface area contributed by atoms with Crippen LogP contribution in [-0.4, -0.2) is 17.1 Å². The average molecular weight is 318 g/mol. The van der Waals surface area contributed by atoms with Gasteiger partial charge in [-0.1, -0.05) is 18.2 Å². The molecule has 3 rings (SSSR count). The third kappa shape index (κ3) is 2.61. The second-order valence-electron chi connectivity index (χ2n) is 4.30. The van der Waals surface area contributed by atoms with Gasteiger partial charge in [0.1, 0.15) is 4.88 Å². The Morgan fingerprint density at radius 3 is 2.48 bits per heavy atom. The first kappa shape index (κ1) is 13.6. The van der Waals surface area contributed by atoms with E-state index in [1.165, 1.54) is 0 Å². The molecular formula is C14H10N2O3S2. The Balaban J connectivity index is 2.09. The van der Waals surface area contributed by atoms with E-state index in [0.717, 1.165) is 31.2 Å². The van der Waals surface area contributed by atoms with Gasteiger partial charge in [-0.25, -0.2) is 9.59 Å². The summed E-state index contributed by atoms with van der Waals surface area (Å²) >= 11 is 2.70. The number of carbonyl (C=O) groups excluding carboxylic acids is 1. The number of aromatic carboxylic acids is 1. The number of urea groups is 1. The van der Waals surface area contributed by atoms with Gasteiger partial charge in [-0.05, 0) is 23.6 Å². The van der Waals surface area contributed by atoms with E-state index in [1.807, 2.05) is 30.3 Å². The summed E-state index contributed by atoms with van der Waals surface area (Å²) in [5.41, 5.74) is 5.30. The van der Waals surface area contributed by atoms with E-state index >= 15 is 0 Å². The van der Waals surface area contributed by atoms with Gasteiger partial charge in [0.15, 0.2) is 0 Å². The Bertz CT molecular complexity index is 818. The second kappa shape index (κ2) is 5.19. The lowest BCUT2D eigenvalue weighted by molar-refractivity contribution is 0.0703. The summed E-state index contributed by atoms with van der Waals surface area (Å²) in [5.74, 6) is -1.09. The largest absolute Gasteiger partial charge is 0.477 e. The Labute approximate surface area is 127 Å². The fourth-order valence-corrected chi connectivity index (χ4v) is 4.09. The topological polar surface area (TPSA) is 92.4 Å². The molecule has 0 saturated carbocycles. The summed E-state index contributed by atoms with van der Waals surface area (Å²) in [4.78, 5) is 24.0. The van der Waals surface area contributed by atoms with E-state index in [9.17, 15) is 14.7 Å². The number of hydrogen-bond donors (Lipinski definition) is 3.